The van der Waals surface area contributed by atoms with Crippen molar-refractivity contribution in [1.82, 2.24) is 0 Å². The topological polar surface area (TPSA) is 27.7 Å². The van der Waals surface area contributed by atoms with Crippen LogP contribution in [-0.4, -0.2) is 32.4 Å². The minimum atomic E-state index is -2.59. The fourth-order valence-electron chi connectivity index (χ4n) is 9.45. The number of hydrogen-bond acceptors (Lipinski definition) is 3. The average molecular weight is 517 g/mol. The molecule has 3 nitrogen and oxygen atoms in total. The van der Waals surface area contributed by atoms with Gasteiger partial charge in [0.15, 0.2) is 5.79 Å². The first kappa shape index (κ1) is 24.6. The number of benzene rings is 2. The monoisotopic (exact) mass is 516 g/mol. The van der Waals surface area contributed by atoms with Crippen LogP contribution in [-0.2, 0) is 13.9 Å². The van der Waals surface area contributed by atoms with Crippen LogP contribution in [0.15, 0.2) is 60.7 Å². The summed E-state index contributed by atoms with van der Waals surface area (Å²) in [6.45, 7) is 7.95. The molecular weight excluding hydrogens is 472 g/mol. The molecule has 0 aromatic heterocycles. The lowest BCUT2D eigenvalue weighted by Crippen LogP contribution is -2.68. The molecule has 37 heavy (non-hydrogen) atoms. The van der Waals surface area contributed by atoms with Crippen LogP contribution in [0.4, 0.5) is 0 Å². The highest BCUT2D eigenvalue weighted by molar-refractivity contribution is 6.99. The van der Waals surface area contributed by atoms with Gasteiger partial charge in [0.25, 0.3) is 8.32 Å². The van der Waals surface area contributed by atoms with Gasteiger partial charge >= 0.3 is 0 Å². The van der Waals surface area contributed by atoms with Gasteiger partial charge in [-0.25, -0.2) is 0 Å². The Balaban J connectivity index is 1.20. The molecule has 0 N–H and O–H groups in total. The van der Waals surface area contributed by atoms with Gasteiger partial charge in [-0.1, -0.05) is 81.4 Å². The predicted molar refractivity (Wildman–Crippen MR) is 151 cm³/mol. The van der Waals surface area contributed by atoms with E-state index in [9.17, 15) is 0 Å². The zero-order valence-electron chi connectivity index (χ0n) is 23.0. The van der Waals surface area contributed by atoms with E-state index in [0.29, 0.717) is 11.8 Å². The van der Waals surface area contributed by atoms with Crippen molar-refractivity contribution in [3.8, 4) is 0 Å². The molecule has 198 valence electrons. The first-order valence-electron chi connectivity index (χ1n) is 14.9. The normalized spacial score (nSPS) is 39.1. The molecule has 2 aromatic carbocycles. The molecule has 1 saturated heterocycles. The predicted octanol–water partition coefficient (Wildman–Crippen LogP) is 6.44. The van der Waals surface area contributed by atoms with E-state index in [0.717, 1.165) is 44.1 Å². The largest absolute Gasteiger partial charge is 0.404 e. The lowest BCUT2D eigenvalue weighted by atomic mass is 9.50. The van der Waals surface area contributed by atoms with E-state index in [2.05, 4.69) is 81.4 Å². The van der Waals surface area contributed by atoms with Crippen LogP contribution in [0.25, 0.3) is 0 Å². The quantitative estimate of drug-likeness (QED) is 0.438. The number of ether oxygens (including phenoxy) is 2. The molecule has 2 spiro atoms. The maximum atomic E-state index is 7.58. The molecule has 2 unspecified atom stereocenters. The van der Waals surface area contributed by atoms with Crippen molar-refractivity contribution in [2.24, 2.45) is 23.7 Å². The van der Waals surface area contributed by atoms with Crippen molar-refractivity contribution in [2.45, 2.75) is 101 Å². The van der Waals surface area contributed by atoms with Crippen molar-refractivity contribution in [3.05, 3.63) is 60.7 Å². The first-order valence-corrected chi connectivity index (χ1v) is 16.9. The van der Waals surface area contributed by atoms with Crippen LogP contribution in [0.2, 0.25) is 5.04 Å². The van der Waals surface area contributed by atoms with E-state index in [-0.39, 0.29) is 16.7 Å². The zero-order chi connectivity index (χ0) is 25.3. The van der Waals surface area contributed by atoms with Crippen molar-refractivity contribution in [2.75, 3.05) is 6.61 Å². The zero-order valence-corrected chi connectivity index (χ0v) is 24.0. The second-order valence-electron chi connectivity index (χ2n) is 14.1. The molecule has 6 aliphatic rings. The van der Waals surface area contributed by atoms with Crippen molar-refractivity contribution in [3.63, 3.8) is 0 Å². The summed E-state index contributed by atoms with van der Waals surface area (Å²) in [5.41, 5.74) is -0.0211. The maximum absolute atomic E-state index is 7.58. The molecule has 1 aliphatic heterocycles. The van der Waals surface area contributed by atoms with E-state index in [1.165, 1.54) is 42.5 Å². The van der Waals surface area contributed by atoms with Gasteiger partial charge in [0.05, 0.1) is 12.7 Å². The van der Waals surface area contributed by atoms with E-state index >= 15 is 0 Å². The minimum Gasteiger partial charge on any atom is -0.404 e. The molecular formula is C33H44O3Si. The summed E-state index contributed by atoms with van der Waals surface area (Å²) in [7, 11) is -2.59. The summed E-state index contributed by atoms with van der Waals surface area (Å²) in [5.74, 6) is 2.86. The minimum absolute atomic E-state index is 0.0135. The van der Waals surface area contributed by atoms with Gasteiger partial charge in [-0.2, -0.15) is 0 Å². The van der Waals surface area contributed by atoms with Crippen LogP contribution >= 0.6 is 0 Å². The molecule has 4 bridgehead atoms. The van der Waals surface area contributed by atoms with Gasteiger partial charge in [-0.3, -0.25) is 0 Å². The second-order valence-corrected chi connectivity index (χ2v) is 18.3. The highest BCUT2D eigenvalue weighted by Gasteiger charge is 2.65. The Labute approximate surface area is 224 Å². The van der Waals surface area contributed by atoms with Crippen molar-refractivity contribution < 1.29 is 13.9 Å². The van der Waals surface area contributed by atoms with E-state index in [4.69, 9.17) is 13.9 Å². The second kappa shape index (κ2) is 8.77. The lowest BCUT2D eigenvalue weighted by molar-refractivity contribution is -0.258. The van der Waals surface area contributed by atoms with Crippen molar-refractivity contribution >= 4 is 18.7 Å². The van der Waals surface area contributed by atoms with Crippen LogP contribution in [0.5, 0.6) is 0 Å². The summed E-state index contributed by atoms with van der Waals surface area (Å²) < 4.78 is 21.7. The van der Waals surface area contributed by atoms with Gasteiger partial charge in [0.2, 0.25) is 0 Å². The molecule has 0 radical (unpaired) electrons. The summed E-state index contributed by atoms with van der Waals surface area (Å²) >= 11 is 0. The van der Waals surface area contributed by atoms with E-state index in [1.54, 1.807) is 0 Å². The van der Waals surface area contributed by atoms with Gasteiger partial charge in [0.1, 0.15) is 5.60 Å². The van der Waals surface area contributed by atoms with Gasteiger partial charge in [-0.15, -0.1) is 0 Å². The Hall–Kier alpha value is -1.46. The van der Waals surface area contributed by atoms with Crippen LogP contribution in [0.3, 0.4) is 0 Å². The van der Waals surface area contributed by atoms with Gasteiger partial charge < -0.3 is 13.9 Å². The number of hydrogen-bond donors (Lipinski definition) is 0. The summed E-state index contributed by atoms with van der Waals surface area (Å²) in [6, 6.07) is 22.2. The third-order valence-electron chi connectivity index (χ3n) is 10.8. The molecule has 5 saturated carbocycles. The third-order valence-corrected chi connectivity index (χ3v) is 15.9. The summed E-state index contributed by atoms with van der Waals surface area (Å²) in [6.07, 6.45) is 11.2. The molecule has 8 rings (SSSR count). The van der Waals surface area contributed by atoms with E-state index < -0.39 is 14.1 Å². The van der Waals surface area contributed by atoms with Crippen LogP contribution in [0.1, 0.15) is 78.6 Å². The SMILES string of the molecule is CC(C)(C)[Si](OC1CCCC2(C1)OCC1(O2)C2CC3CC(C2)CC1C3)(c1ccccc1)c1ccccc1. The van der Waals surface area contributed by atoms with Crippen LogP contribution in [0, 0.1) is 23.7 Å². The molecule has 6 fully saturated rings. The maximum Gasteiger partial charge on any atom is 0.261 e. The molecule has 2 aromatic rings. The third kappa shape index (κ3) is 3.84. The molecule has 5 aliphatic carbocycles. The van der Waals surface area contributed by atoms with Crippen molar-refractivity contribution in [1.29, 1.82) is 0 Å². The number of rotatable bonds is 4. The first-order chi connectivity index (χ1) is 17.8. The molecule has 0 amide bonds. The highest BCUT2D eigenvalue weighted by Crippen LogP contribution is 2.63. The van der Waals surface area contributed by atoms with Gasteiger partial charge in [0, 0.05) is 12.8 Å². The molecule has 4 heteroatoms. The summed E-state index contributed by atoms with van der Waals surface area (Å²) in [5, 5.41) is 2.71. The Morgan fingerprint density at radius 2 is 1.38 bits per heavy atom. The molecule has 1 heterocycles. The smallest absolute Gasteiger partial charge is 0.261 e. The van der Waals surface area contributed by atoms with Gasteiger partial charge in [-0.05, 0) is 84.0 Å². The Morgan fingerprint density at radius 3 is 1.92 bits per heavy atom. The lowest BCUT2D eigenvalue weighted by Gasteiger charge is -2.59. The van der Waals surface area contributed by atoms with Crippen LogP contribution < -0.4 is 10.4 Å². The average Bonchev–Trinajstić information content (AvgIpc) is 3.25. The highest BCUT2D eigenvalue weighted by atomic mass is 28.4. The summed E-state index contributed by atoms with van der Waals surface area (Å²) in [4.78, 5) is 0. The fourth-order valence-corrected chi connectivity index (χ4v) is 14.2. The Morgan fingerprint density at radius 1 is 0.811 bits per heavy atom. The Kier molecular flexibility index (Phi) is 5.83. The fraction of sp³-hybridized carbons (Fsp3) is 0.636. The Bertz CT molecular complexity index is 1040. The standard InChI is InChI=1S/C33H44O3Si/c1-31(2,3)37(29-12-6-4-7-13-29,30-14-8-5-9-15-30)35-28-11-10-16-32(22-28)34-23-33(36-32)26-18-24-17-25(20-26)21-27(33)19-24/h4-9,12-15,24-28H,10-11,16-23H2,1-3H3. The van der Waals surface area contributed by atoms with E-state index in [1.807, 2.05) is 0 Å². The molecule has 2 atom stereocenters.